The molecule has 0 aromatic heterocycles. The van der Waals surface area contributed by atoms with Crippen LogP contribution < -0.4 is 0 Å². The molecule has 2 aromatic carbocycles. The fraction of sp³-hybridized carbons (Fsp3) is 0.133. The van der Waals surface area contributed by atoms with E-state index in [9.17, 15) is 4.79 Å². The number of carbonyl (C=O) groups excluding carboxylic acids is 1. The van der Waals surface area contributed by atoms with Gasteiger partial charge >= 0.3 is 0 Å². The molecular formula is C15H9Cl3O. The first kappa shape index (κ1) is 13.0. The molecule has 2 unspecified atom stereocenters. The van der Waals surface area contributed by atoms with E-state index in [1.54, 1.807) is 18.2 Å². The summed E-state index contributed by atoms with van der Waals surface area (Å²) in [5.74, 6) is -0.544. The molecule has 0 amide bonds. The van der Waals surface area contributed by atoms with Gasteiger partial charge in [-0.1, -0.05) is 53.5 Å². The van der Waals surface area contributed by atoms with Gasteiger partial charge in [-0.15, -0.1) is 11.6 Å². The lowest BCUT2D eigenvalue weighted by Crippen LogP contribution is -2.10. The average molecular weight is 312 g/mol. The highest BCUT2D eigenvalue weighted by atomic mass is 35.5. The first-order chi connectivity index (χ1) is 9.11. The molecular weight excluding hydrogens is 303 g/mol. The summed E-state index contributed by atoms with van der Waals surface area (Å²) in [6.45, 7) is 0. The zero-order valence-corrected chi connectivity index (χ0v) is 12.0. The fourth-order valence-electron chi connectivity index (χ4n) is 2.54. The number of benzene rings is 2. The van der Waals surface area contributed by atoms with E-state index >= 15 is 0 Å². The Morgan fingerprint density at radius 1 is 0.842 bits per heavy atom. The molecule has 0 heterocycles. The molecule has 4 heteroatoms. The van der Waals surface area contributed by atoms with E-state index in [2.05, 4.69) is 0 Å². The average Bonchev–Trinajstić information content (AvgIpc) is 2.64. The second-order valence-corrected chi connectivity index (χ2v) is 5.71. The van der Waals surface area contributed by atoms with Gasteiger partial charge in [0.25, 0.3) is 0 Å². The van der Waals surface area contributed by atoms with E-state index in [0.29, 0.717) is 15.6 Å². The van der Waals surface area contributed by atoms with Gasteiger partial charge in [0.2, 0.25) is 0 Å². The second kappa shape index (κ2) is 4.82. The van der Waals surface area contributed by atoms with Crippen molar-refractivity contribution in [2.75, 3.05) is 0 Å². The van der Waals surface area contributed by atoms with Gasteiger partial charge in [-0.2, -0.15) is 0 Å². The largest absolute Gasteiger partial charge is 0.297 e. The molecule has 1 aliphatic carbocycles. The summed E-state index contributed by atoms with van der Waals surface area (Å²) < 4.78 is 0. The van der Waals surface area contributed by atoms with Crippen molar-refractivity contribution in [2.45, 2.75) is 11.3 Å². The van der Waals surface area contributed by atoms with Crippen LogP contribution in [0.2, 0.25) is 10.0 Å². The minimum atomic E-state index is -0.631. The summed E-state index contributed by atoms with van der Waals surface area (Å²) in [6, 6.07) is 12.8. The maximum absolute atomic E-state index is 12.4. The number of Topliss-reactive ketones (excluding diaryl/α,β-unsaturated/α-hetero) is 1. The quantitative estimate of drug-likeness (QED) is 0.678. The standard InChI is InChI=1S/C15H9Cl3O/c16-10-6-3-7-11(17)13(10)12-8-4-1-2-5-9(8)14(18)15(12)19/h1-7,12,14H. The molecule has 1 nitrogen and oxygen atoms in total. The lowest BCUT2D eigenvalue weighted by Gasteiger charge is -2.14. The van der Waals surface area contributed by atoms with Crippen LogP contribution in [0, 0.1) is 0 Å². The van der Waals surface area contributed by atoms with E-state index < -0.39 is 11.3 Å². The molecule has 2 aromatic rings. The molecule has 19 heavy (non-hydrogen) atoms. The Labute approximate surface area is 126 Å². The number of hydrogen-bond donors (Lipinski definition) is 0. The lowest BCUT2D eigenvalue weighted by atomic mass is 9.92. The Morgan fingerprint density at radius 3 is 2.05 bits per heavy atom. The first-order valence-electron chi connectivity index (χ1n) is 5.82. The Kier molecular flexibility index (Phi) is 3.30. The molecule has 0 N–H and O–H groups in total. The van der Waals surface area contributed by atoms with Crippen LogP contribution in [-0.2, 0) is 4.79 Å². The molecule has 0 aliphatic heterocycles. The SMILES string of the molecule is O=C1C(Cl)c2ccccc2C1c1c(Cl)cccc1Cl. The van der Waals surface area contributed by atoms with E-state index in [-0.39, 0.29) is 5.78 Å². The van der Waals surface area contributed by atoms with Crippen LogP contribution in [0.5, 0.6) is 0 Å². The Hall–Kier alpha value is -1.02. The van der Waals surface area contributed by atoms with Gasteiger partial charge in [-0.3, -0.25) is 4.79 Å². The third kappa shape index (κ3) is 1.97. The maximum atomic E-state index is 12.4. The van der Waals surface area contributed by atoms with Crippen molar-refractivity contribution in [3.05, 3.63) is 69.2 Å². The highest BCUT2D eigenvalue weighted by Crippen LogP contribution is 2.47. The topological polar surface area (TPSA) is 17.1 Å². The molecule has 0 radical (unpaired) electrons. The number of rotatable bonds is 1. The van der Waals surface area contributed by atoms with Crippen molar-refractivity contribution in [3.63, 3.8) is 0 Å². The van der Waals surface area contributed by atoms with Crippen molar-refractivity contribution in [1.29, 1.82) is 0 Å². The highest BCUT2D eigenvalue weighted by molar-refractivity contribution is 6.38. The summed E-state index contributed by atoms with van der Waals surface area (Å²) in [7, 11) is 0. The van der Waals surface area contributed by atoms with Crippen molar-refractivity contribution >= 4 is 40.6 Å². The minimum Gasteiger partial charge on any atom is -0.297 e. The Balaban J connectivity index is 2.24. The van der Waals surface area contributed by atoms with Crippen LogP contribution in [0.3, 0.4) is 0 Å². The monoisotopic (exact) mass is 310 g/mol. The van der Waals surface area contributed by atoms with Crippen molar-refractivity contribution in [3.8, 4) is 0 Å². The second-order valence-electron chi connectivity index (χ2n) is 4.46. The normalized spacial score (nSPS) is 21.5. The smallest absolute Gasteiger partial charge is 0.167 e. The molecule has 96 valence electrons. The third-order valence-electron chi connectivity index (χ3n) is 3.40. The summed E-state index contributed by atoms with van der Waals surface area (Å²) >= 11 is 18.6. The van der Waals surface area contributed by atoms with Crippen LogP contribution >= 0.6 is 34.8 Å². The summed E-state index contributed by atoms with van der Waals surface area (Å²) in [6.07, 6.45) is 0. The van der Waals surface area contributed by atoms with E-state index in [4.69, 9.17) is 34.8 Å². The summed E-state index contributed by atoms with van der Waals surface area (Å²) in [5.41, 5.74) is 2.38. The predicted octanol–water partition coefficient (Wildman–Crippen LogP) is 4.99. The number of halogens is 3. The van der Waals surface area contributed by atoms with Crippen molar-refractivity contribution in [2.24, 2.45) is 0 Å². The highest BCUT2D eigenvalue weighted by Gasteiger charge is 2.40. The van der Waals surface area contributed by atoms with Crippen LogP contribution in [0.15, 0.2) is 42.5 Å². The Bertz CT molecular complexity index is 646. The number of alkyl halides is 1. The van der Waals surface area contributed by atoms with Crippen LogP contribution in [0.25, 0.3) is 0 Å². The van der Waals surface area contributed by atoms with Crippen molar-refractivity contribution < 1.29 is 4.79 Å². The summed E-state index contributed by atoms with van der Waals surface area (Å²) in [5, 5.41) is 0.353. The molecule has 0 spiro atoms. The van der Waals surface area contributed by atoms with Crippen LogP contribution in [0.1, 0.15) is 28.0 Å². The number of hydrogen-bond acceptors (Lipinski definition) is 1. The van der Waals surface area contributed by atoms with Gasteiger partial charge in [0, 0.05) is 15.6 Å². The van der Waals surface area contributed by atoms with E-state index in [0.717, 1.165) is 11.1 Å². The number of fused-ring (bicyclic) bond motifs is 1. The van der Waals surface area contributed by atoms with Crippen LogP contribution in [0.4, 0.5) is 0 Å². The maximum Gasteiger partial charge on any atom is 0.167 e. The molecule has 0 saturated carbocycles. The zero-order chi connectivity index (χ0) is 13.6. The van der Waals surface area contributed by atoms with Gasteiger partial charge in [0.05, 0.1) is 5.92 Å². The van der Waals surface area contributed by atoms with Crippen LogP contribution in [-0.4, -0.2) is 5.78 Å². The van der Waals surface area contributed by atoms with E-state index in [1.807, 2.05) is 24.3 Å². The minimum absolute atomic E-state index is 0.0714. The van der Waals surface area contributed by atoms with Crippen molar-refractivity contribution in [1.82, 2.24) is 0 Å². The van der Waals surface area contributed by atoms with Gasteiger partial charge in [0.1, 0.15) is 5.38 Å². The predicted molar refractivity (Wildman–Crippen MR) is 78.3 cm³/mol. The summed E-state index contributed by atoms with van der Waals surface area (Å²) in [4.78, 5) is 12.4. The first-order valence-corrected chi connectivity index (χ1v) is 7.01. The van der Waals surface area contributed by atoms with Gasteiger partial charge < -0.3 is 0 Å². The van der Waals surface area contributed by atoms with E-state index in [1.165, 1.54) is 0 Å². The third-order valence-corrected chi connectivity index (χ3v) is 4.51. The molecule has 1 aliphatic rings. The lowest BCUT2D eigenvalue weighted by molar-refractivity contribution is -0.118. The van der Waals surface area contributed by atoms with Gasteiger partial charge in [0.15, 0.2) is 5.78 Å². The molecule has 3 rings (SSSR count). The zero-order valence-electron chi connectivity index (χ0n) is 9.74. The number of ketones is 1. The molecule has 0 saturated heterocycles. The number of carbonyl (C=O) groups is 1. The molecule has 2 atom stereocenters. The van der Waals surface area contributed by atoms with Gasteiger partial charge in [-0.25, -0.2) is 0 Å². The fourth-order valence-corrected chi connectivity index (χ4v) is 3.48. The molecule has 0 bridgehead atoms. The molecule has 0 fully saturated rings. The Morgan fingerprint density at radius 2 is 1.42 bits per heavy atom. The van der Waals surface area contributed by atoms with Gasteiger partial charge in [-0.05, 0) is 23.3 Å².